The summed E-state index contributed by atoms with van der Waals surface area (Å²) in [5.41, 5.74) is 1.94. The molecular weight excluding hydrogens is 218 g/mol. The molecule has 2 N–H and O–H groups in total. The standard InChI is InChI=1S/C13H17NO3/c1-8(15)9(2)17-11-4-5-12-10(7-11)3-6-13(16)14-12/h4-5,7-9,15H,3,6H2,1-2H3,(H,14,16)/t8-,9?/m1/s1. The number of hydrogen-bond donors (Lipinski definition) is 2. The Balaban J connectivity index is 2.14. The minimum Gasteiger partial charge on any atom is -0.488 e. The van der Waals surface area contributed by atoms with Gasteiger partial charge < -0.3 is 15.2 Å². The molecule has 0 saturated heterocycles. The fraction of sp³-hybridized carbons (Fsp3) is 0.462. The van der Waals surface area contributed by atoms with E-state index in [4.69, 9.17) is 4.74 Å². The molecule has 17 heavy (non-hydrogen) atoms. The molecule has 4 heteroatoms. The number of aryl methyl sites for hydroxylation is 1. The Bertz CT molecular complexity index is 429. The number of anilines is 1. The van der Waals surface area contributed by atoms with Crippen molar-refractivity contribution in [3.05, 3.63) is 23.8 Å². The van der Waals surface area contributed by atoms with E-state index in [0.29, 0.717) is 6.42 Å². The van der Waals surface area contributed by atoms with Crippen LogP contribution in [0.2, 0.25) is 0 Å². The minimum atomic E-state index is -0.509. The SMILES string of the molecule is CC(Oc1ccc2c(c1)CCC(=O)N2)[C@@H](C)O. The summed E-state index contributed by atoms with van der Waals surface area (Å²) in [5, 5.41) is 12.2. The molecule has 1 aromatic carbocycles. The van der Waals surface area contributed by atoms with Gasteiger partial charge >= 0.3 is 0 Å². The zero-order chi connectivity index (χ0) is 12.4. The number of nitrogens with one attached hydrogen (secondary N) is 1. The summed E-state index contributed by atoms with van der Waals surface area (Å²) < 4.78 is 5.61. The Kier molecular flexibility index (Phi) is 3.33. The summed E-state index contributed by atoms with van der Waals surface area (Å²) in [6.45, 7) is 3.52. The van der Waals surface area contributed by atoms with Crippen LogP contribution in [0.5, 0.6) is 5.75 Å². The van der Waals surface area contributed by atoms with Crippen molar-refractivity contribution < 1.29 is 14.6 Å². The van der Waals surface area contributed by atoms with Crippen LogP contribution in [0.4, 0.5) is 5.69 Å². The second-order valence-corrected chi connectivity index (χ2v) is 4.43. The van der Waals surface area contributed by atoms with E-state index in [0.717, 1.165) is 23.4 Å². The molecule has 2 atom stereocenters. The van der Waals surface area contributed by atoms with Crippen LogP contribution in [0.25, 0.3) is 0 Å². The normalized spacial score (nSPS) is 17.9. The first-order chi connectivity index (χ1) is 8.06. The number of carbonyl (C=O) groups excluding carboxylic acids is 1. The summed E-state index contributed by atoms with van der Waals surface area (Å²) in [6.07, 6.45) is 0.501. The van der Waals surface area contributed by atoms with Gasteiger partial charge in [0, 0.05) is 12.1 Å². The highest BCUT2D eigenvalue weighted by Gasteiger charge is 2.16. The van der Waals surface area contributed by atoms with Crippen LogP contribution in [0.1, 0.15) is 25.8 Å². The van der Waals surface area contributed by atoms with Crippen molar-refractivity contribution >= 4 is 11.6 Å². The largest absolute Gasteiger partial charge is 0.488 e. The van der Waals surface area contributed by atoms with Gasteiger partial charge in [-0.25, -0.2) is 0 Å². The van der Waals surface area contributed by atoms with Crippen LogP contribution >= 0.6 is 0 Å². The lowest BCUT2D eigenvalue weighted by atomic mass is 10.0. The molecule has 1 aliphatic rings. The molecular formula is C13H17NO3. The van der Waals surface area contributed by atoms with Crippen molar-refractivity contribution in [2.24, 2.45) is 0 Å². The first-order valence-corrected chi connectivity index (χ1v) is 5.84. The molecule has 1 amide bonds. The molecule has 1 unspecified atom stereocenters. The zero-order valence-electron chi connectivity index (χ0n) is 10.1. The van der Waals surface area contributed by atoms with Crippen molar-refractivity contribution in [2.75, 3.05) is 5.32 Å². The van der Waals surface area contributed by atoms with Gasteiger partial charge in [0.05, 0.1) is 6.10 Å². The number of hydrogen-bond acceptors (Lipinski definition) is 3. The maximum Gasteiger partial charge on any atom is 0.224 e. The summed E-state index contributed by atoms with van der Waals surface area (Å²) in [7, 11) is 0. The number of carbonyl (C=O) groups is 1. The molecule has 0 saturated carbocycles. The molecule has 0 fully saturated rings. The maximum atomic E-state index is 11.2. The van der Waals surface area contributed by atoms with Crippen LogP contribution in [-0.2, 0) is 11.2 Å². The van der Waals surface area contributed by atoms with Gasteiger partial charge in [-0.15, -0.1) is 0 Å². The lowest BCUT2D eigenvalue weighted by molar-refractivity contribution is -0.116. The highest BCUT2D eigenvalue weighted by molar-refractivity contribution is 5.93. The van der Waals surface area contributed by atoms with E-state index >= 15 is 0 Å². The zero-order valence-corrected chi connectivity index (χ0v) is 10.1. The van der Waals surface area contributed by atoms with Gasteiger partial charge in [-0.3, -0.25) is 4.79 Å². The number of amides is 1. The third-order valence-corrected chi connectivity index (χ3v) is 2.97. The van der Waals surface area contributed by atoms with E-state index in [9.17, 15) is 9.90 Å². The van der Waals surface area contributed by atoms with Gasteiger partial charge in [0.25, 0.3) is 0 Å². The molecule has 92 valence electrons. The second-order valence-electron chi connectivity index (χ2n) is 4.43. The quantitative estimate of drug-likeness (QED) is 0.838. The van der Waals surface area contributed by atoms with Crippen LogP contribution in [-0.4, -0.2) is 23.2 Å². The third-order valence-electron chi connectivity index (χ3n) is 2.97. The Labute approximate surface area is 101 Å². The van der Waals surface area contributed by atoms with Crippen LogP contribution in [0, 0.1) is 0 Å². The highest BCUT2D eigenvalue weighted by Crippen LogP contribution is 2.27. The molecule has 1 heterocycles. The fourth-order valence-electron chi connectivity index (χ4n) is 1.75. The molecule has 0 bridgehead atoms. The van der Waals surface area contributed by atoms with E-state index in [1.54, 1.807) is 6.92 Å². The Morgan fingerprint density at radius 2 is 2.12 bits per heavy atom. The number of aliphatic hydroxyl groups excluding tert-OH is 1. The summed E-state index contributed by atoms with van der Waals surface area (Å²) in [4.78, 5) is 11.2. The van der Waals surface area contributed by atoms with E-state index in [1.165, 1.54) is 0 Å². The Morgan fingerprint density at radius 3 is 2.82 bits per heavy atom. The summed E-state index contributed by atoms with van der Waals surface area (Å²) in [5.74, 6) is 0.789. The average molecular weight is 235 g/mol. The second kappa shape index (κ2) is 4.75. The number of rotatable bonds is 3. The van der Waals surface area contributed by atoms with Gasteiger partial charge in [-0.2, -0.15) is 0 Å². The van der Waals surface area contributed by atoms with Crippen LogP contribution < -0.4 is 10.1 Å². The van der Waals surface area contributed by atoms with Crippen molar-refractivity contribution in [2.45, 2.75) is 38.9 Å². The number of fused-ring (bicyclic) bond motifs is 1. The number of benzene rings is 1. The third kappa shape index (κ3) is 2.77. The van der Waals surface area contributed by atoms with Crippen LogP contribution in [0.3, 0.4) is 0 Å². The minimum absolute atomic E-state index is 0.0588. The van der Waals surface area contributed by atoms with Gasteiger partial charge in [-0.1, -0.05) is 0 Å². The van der Waals surface area contributed by atoms with Gasteiger partial charge in [-0.05, 0) is 44.0 Å². The Morgan fingerprint density at radius 1 is 1.35 bits per heavy atom. The maximum absolute atomic E-state index is 11.2. The first-order valence-electron chi connectivity index (χ1n) is 5.84. The van der Waals surface area contributed by atoms with Crippen LogP contribution in [0.15, 0.2) is 18.2 Å². The van der Waals surface area contributed by atoms with Crippen molar-refractivity contribution in [3.63, 3.8) is 0 Å². The molecule has 0 spiro atoms. The molecule has 1 aliphatic heterocycles. The molecule has 0 aliphatic carbocycles. The van der Waals surface area contributed by atoms with Crippen molar-refractivity contribution in [1.82, 2.24) is 0 Å². The molecule has 2 rings (SSSR count). The molecule has 0 aromatic heterocycles. The summed E-state index contributed by atoms with van der Waals surface area (Å²) in [6, 6.07) is 5.58. The smallest absolute Gasteiger partial charge is 0.224 e. The molecule has 0 radical (unpaired) electrons. The topological polar surface area (TPSA) is 58.6 Å². The summed E-state index contributed by atoms with van der Waals surface area (Å²) >= 11 is 0. The lowest BCUT2D eigenvalue weighted by Crippen LogP contribution is -2.25. The average Bonchev–Trinajstić information content (AvgIpc) is 2.29. The monoisotopic (exact) mass is 235 g/mol. The lowest BCUT2D eigenvalue weighted by Gasteiger charge is -2.20. The van der Waals surface area contributed by atoms with Gasteiger partial charge in [0.1, 0.15) is 11.9 Å². The van der Waals surface area contributed by atoms with Gasteiger partial charge in [0.15, 0.2) is 0 Å². The van der Waals surface area contributed by atoms with E-state index in [2.05, 4.69) is 5.32 Å². The molecule has 4 nitrogen and oxygen atoms in total. The van der Waals surface area contributed by atoms with E-state index in [1.807, 2.05) is 25.1 Å². The predicted octanol–water partition coefficient (Wildman–Crippen LogP) is 1.72. The highest BCUT2D eigenvalue weighted by atomic mass is 16.5. The number of aliphatic hydroxyl groups is 1. The predicted molar refractivity (Wildman–Crippen MR) is 65.2 cm³/mol. The fourth-order valence-corrected chi connectivity index (χ4v) is 1.75. The number of ether oxygens (including phenoxy) is 1. The van der Waals surface area contributed by atoms with E-state index in [-0.39, 0.29) is 12.0 Å². The Hall–Kier alpha value is -1.55. The van der Waals surface area contributed by atoms with Crippen molar-refractivity contribution in [1.29, 1.82) is 0 Å². The van der Waals surface area contributed by atoms with E-state index < -0.39 is 6.10 Å². The van der Waals surface area contributed by atoms with Crippen molar-refractivity contribution in [3.8, 4) is 5.75 Å². The molecule has 1 aromatic rings. The first kappa shape index (κ1) is 11.9. The van der Waals surface area contributed by atoms with Gasteiger partial charge in [0.2, 0.25) is 5.91 Å².